The largest absolute Gasteiger partial charge is 0.302 e. The first kappa shape index (κ1) is 8.49. The molecule has 0 aliphatic heterocycles. The van der Waals surface area contributed by atoms with E-state index in [2.05, 4.69) is 11.2 Å². The van der Waals surface area contributed by atoms with Gasteiger partial charge in [0.2, 0.25) is 0 Å². The average Bonchev–Trinajstić information content (AvgIpc) is 1.68. The summed E-state index contributed by atoms with van der Waals surface area (Å²) in [6.45, 7) is 3.39. The van der Waals surface area contributed by atoms with Crippen molar-refractivity contribution in [2.75, 3.05) is 11.5 Å². The maximum absolute atomic E-state index is 9.08. The van der Waals surface area contributed by atoms with Crippen molar-refractivity contribution in [3.05, 3.63) is 0 Å². The van der Waals surface area contributed by atoms with E-state index in [9.17, 15) is 0 Å². The van der Waals surface area contributed by atoms with Crippen LogP contribution in [0.15, 0.2) is 0 Å². The summed E-state index contributed by atoms with van der Waals surface area (Å²) in [5.74, 6) is 0.589. The smallest absolute Gasteiger partial charge is 0.0321 e. The zero-order chi connectivity index (χ0) is 6.86. The van der Waals surface area contributed by atoms with Gasteiger partial charge in [-0.3, -0.25) is 0 Å². The molecule has 0 bridgehead atoms. The van der Waals surface area contributed by atoms with Crippen molar-refractivity contribution in [2.45, 2.75) is 13.8 Å². The summed E-state index contributed by atoms with van der Waals surface area (Å²) < 4.78 is 18.2. The molecule has 0 spiro atoms. The summed E-state index contributed by atoms with van der Waals surface area (Å²) in [5, 5.41) is 0. The minimum atomic E-state index is -3.30. The molecule has 0 fully saturated rings. The first-order valence-corrected chi connectivity index (χ1v) is 5.74. The van der Waals surface area contributed by atoms with Gasteiger partial charge in [-0.05, 0) is 13.8 Å². The van der Waals surface area contributed by atoms with Crippen LogP contribution in [0.1, 0.15) is 13.8 Å². The van der Waals surface area contributed by atoms with Crippen LogP contribution in [0.25, 0.3) is 0 Å². The average molecular weight is 156 g/mol. The molecule has 52 valence electrons. The van der Waals surface area contributed by atoms with E-state index in [4.69, 9.17) is 9.11 Å². The number of hydrogen-bond acceptors (Lipinski definition) is 1. The quantitative estimate of drug-likeness (QED) is 0.629. The van der Waals surface area contributed by atoms with Crippen molar-refractivity contribution in [1.82, 2.24) is 0 Å². The van der Waals surface area contributed by atoms with Gasteiger partial charge in [-0.2, -0.15) is 8.28 Å². The first-order valence-electron chi connectivity index (χ1n) is 2.52. The van der Waals surface area contributed by atoms with Crippen molar-refractivity contribution in [3.63, 3.8) is 0 Å². The van der Waals surface area contributed by atoms with Crippen molar-refractivity contribution >= 4 is 19.5 Å². The Kier molecular flexibility index (Phi) is 2.15. The van der Waals surface area contributed by atoms with Crippen molar-refractivity contribution in [2.24, 2.45) is 0 Å². The van der Waals surface area contributed by atoms with Crippen LogP contribution in [0.4, 0.5) is 0 Å². The van der Waals surface area contributed by atoms with Gasteiger partial charge < -0.3 is 9.11 Å². The summed E-state index contributed by atoms with van der Waals surface area (Å²) in [6.07, 6.45) is 0. The second-order valence-corrected chi connectivity index (χ2v) is 7.60. The molecule has 0 saturated heterocycles. The van der Waals surface area contributed by atoms with Gasteiger partial charge in [-0.1, -0.05) is 0 Å². The molecule has 0 rings (SSSR count). The van der Waals surface area contributed by atoms with Crippen LogP contribution < -0.4 is 0 Å². The molecule has 2 N–H and O–H groups in total. The molecule has 0 aromatic rings. The van der Waals surface area contributed by atoms with Crippen LogP contribution in [0.5, 0.6) is 0 Å². The van der Waals surface area contributed by atoms with Gasteiger partial charge in [0.15, 0.2) is 0 Å². The highest BCUT2D eigenvalue weighted by Crippen LogP contribution is 2.14. The fourth-order valence-electron chi connectivity index (χ4n) is 0.204. The highest BCUT2D eigenvalue weighted by molar-refractivity contribution is 8.45. The number of hydrogen-bond donors (Lipinski definition) is 2. The third kappa shape index (κ3) is 2.71. The Morgan fingerprint density at radius 1 is 1.25 bits per heavy atom. The maximum Gasteiger partial charge on any atom is 0.0321 e. The van der Waals surface area contributed by atoms with Crippen LogP contribution in [-0.4, -0.2) is 20.6 Å². The molecule has 0 aromatic carbocycles. The lowest BCUT2D eigenvalue weighted by atomic mass is 11.0. The molecule has 0 amide bonds. The van der Waals surface area contributed by atoms with E-state index in [1.54, 1.807) is 13.8 Å². The highest BCUT2D eigenvalue weighted by Gasteiger charge is 2.11. The van der Waals surface area contributed by atoms with E-state index in [1.807, 2.05) is 0 Å². The molecular weight excluding hydrogens is 144 g/mol. The summed E-state index contributed by atoms with van der Waals surface area (Å²) in [6, 6.07) is 0. The number of rotatable bonds is 2. The van der Waals surface area contributed by atoms with E-state index >= 15 is 0 Å². The molecule has 0 aromatic heterocycles. The van der Waals surface area contributed by atoms with E-state index in [0.29, 0.717) is 11.5 Å². The van der Waals surface area contributed by atoms with Crippen LogP contribution in [0, 0.1) is 0 Å². The summed E-state index contributed by atoms with van der Waals surface area (Å²) in [5.41, 5.74) is 0. The zero-order valence-corrected chi connectivity index (χ0v) is 6.76. The summed E-state index contributed by atoms with van der Waals surface area (Å²) in [4.78, 5) is 0. The monoisotopic (exact) mass is 156 g/mol. The van der Waals surface area contributed by atoms with Crippen LogP contribution in [0.3, 0.4) is 0 Å². The molecule has 0 heterocycles. The van der Waals surface area contributed by atoms with E-state index < -0.39 is 8.28 Å². The minimum absolute atomic E-state index is 0.295. The Labute approximate surface area is 54.5 Å². The van der Waals surface area contributed by atoms with Crippen LogP contribution in [0.2, 0.25) is 0 Å². The maximum atomic E-state index is 9.08. The lowest BCUT2D eigenvalue weighted by molar-refractivity contribution is 0.474. The summed E-state index contributed by atoms with van der Waals surface area (Å²) in [7, 11) is -3.30. The standard InChI is InChI=1S/C4H12O2S2/c1-3-8(5,6,7)4-2/h3-4H2,1-2H3,(H2,5,6,7). The minimum Gasteiger partial charge on any atom is -0.302 e. The van der Waals surface area contributed by atoms with Gasteiger partial charge in [0, 0.05) is 22.7 Å². The predicted octanol–water partition coefficient (Wildman–Crippen LogP) is 1.12. The molecule has 0 aliphatic carbocycles. The topological polar surface area (TPSA) is 40.5 Å². The SMILES string of the molecule is CCS(O)(O)(=S)CC. The summed E-state index contributed by atoms with van der Waals surface area (Å²) >= 11 is 4.57. The third-order valence-electron chi connectivity index (χ3n) is 1.16. The normalized spacial score (nSPS) is 17.2. The molecule has 0 saturated carbocycles. The van der Waals surface area contributed by atoms with Gasteiger partial charge in [0.1, 0.15) is 0 Å². The van der Waals surface area contributed by atoms with Gasteiger partial charge in [0.25, 0.3) is 0 Å². The van der Waals surface area contributed by atoms with E-state index in [0.717, 1.165) is 0 Å². The van der Waals surface area contributed by atoms with Crippen molar-refractivity contribution in [1.29, 1.82) is 0 Å². The van der Waals surface area contributed by atoms with Crippen molar-refractivity contribution in [3.8, 4) is 0 Å². The van der Waals surface area contributed by atoms with Crippen LogP contribution >= 0.6 is 0 Å². The molecule has 0 aliphatic rings. The van der Waals surface area contributed by atoms with Crippen molar-refractivity contribution < 1.29 is 9.11 Å². The molecule has 4 heteroatoms. The Morgan fingerprint density at radius 3 is 1.50 bits per heavy atom. The molecular formula is C4H12O2S2. The Balaban J connectivity index is 4.25. The fraction of sp³-hybridized carbons (Fsp3) is 1.00. The van der Waals surface area contributed by atoms with Crippen LogP contribution in [-0.2, 0) is 19.5 Å². The van der Waals surface area contributed by atoms with E-state index in [-0.39, 0.29) is 0 Å². The van der Waals surface area contributed by atoms with Gasteiger partial charge in [-0.25, -0.2) is 0 Å². The highest BCUT2D eigenvalue weighted by atomic mass is 32.9. The molecule has 0 atom stereocenters. The predicted molar refractivity (Wildman–Crippen MR) is 41.1 cm³/mol. The Hall–Kier alpha value is 0.490. The van der Waals surface area contributed by atoms with Gasteiger partial charge >= 0.3 is 0 Å². The molecule has 0 radical (unpaired) electrons. The second-order valence-electron chi connectivity index (χ2n) is 1.76. The Morgan fingerprint density at radius 2 is 1.50 bits per heavy atom. The van der Waals surface area contributed by atoms with Gasteiger partial charge in [0.05, 0.1) is 0 Å². The first-order chi connectivity index (χ1) is 3.39. The Bertz CT molecular complexity index is 125. The zero-order valence-electron chi connectivity index (χ0n) is 5.13. The molecule has 0 unspecified atom stereocenters. The van der Waals surface area contributed by atoms with E-state index in [1.165, 1.54) is 0 Å². The molecule has 8 heavy (non-hydrogen) atoms. The lowest BCUT2D eigenvalue weighted by Crippen LogP contribution is -2.34. The lowest BCUT2D eigenvalue weighted by Gasteiger charge is -2.38. The fourth-order valence-corrected chi connectivity index (χ4v) is 0.612. The second kappa shape index (κ2) is 2.02. The van der Waals surface area contributed by atoms with Gasteiger partial charge in [-0.15, -0.1) is 0 Å². The third-order valence-corrected chi connectivity index (χ3v) is 4.90. The molecule has 2 nitrogen and oxygen atoms in total.